The summed E-state index contributed by atoms with van der Waals surface area (Å²) in [5, 5.41) is 0. The summed E-state index contributed by atoms with van der Waals surface area (Å²) in [6.45, 7) is 6.98. The van der Waals surface area contributed by atoms with Gasteiger partial charge in [-0.1, -0.05) is 13.8 Å². The predicted molar refractivity (Wildman–Crippen MR) is 87.3 cm³/mol. The molecular formula is C18H23N3O2. The van der Waals surface area contributed by atoms with E-state index in [0.717, 1.165) is 37.3 Å². The Morgan fingerprint density at radius 2 is 2.26 bits per heavy atom. The molecule has 1 saturated carbocycles. The number of likely N-dealkylation sites (tertiary alicyclic amines) is 1. The third kappa shape index (κ3) is 2.10. The molecule has 0 aromatic carbocycles. The average Bonchev–Trinajstić information content (AvgIpc) is 3.08. The van der Waals surface area contributed by atoms with Crippen molar-refractivity contribution >= 4 is 11.6 Å². The zero-order valence-corrected chi connectivity index (χ0v) is 14.0. The standard InChI is InChI=1S/C18H23N3O2/c1-17(2)10-18(12-23-3)11-21(9-14(17)18)16(22)13-4-5-15-19-6-7-20(15)8-13/h4-8,14H,9-12H2,1-3H3/t14-,18-/m1/s1. The summed E-state index contributed by atoms with van der Waals surface area (Å²) in [5.74, 6) is 0.636. The molecule has 2 fully saturated rings. The molecule has 4 rings (SSSR count). The average molecular weight is 313 g/mol. The second-order valence-corrected chi connectivity index (χ2v) is 7.81. The zero-order chi connectivity index (χ0) is 16.2. The van der Waals surface area contributed by atoms with Gasteiger partial charge < -0.3 is 14.0 Å². The highest BCUT2D eigenvalue weighted by molar-refractivity contribution is 5.94. The summed E-state index contributed by atoms with van der Waals surface area (Å²) < 4.78 is 7.37. The minimum Gasteiger partial charge on any atom is -0.384 e. The van der Waals surface area contributed by atoms with Crippen LogP contribution in [0.15, 0.2) is 30.7 Å². The number of aromatic nitrogens is 2. The number of amides is 1. The molecule has 0 radical (unpaired) electrons. The largest absolute Gasteiger partial charge is 0.384 e. The van der Waals surface area contributed by atoms with Crippen LogP contribution in [0.2, 0.25) is 0 Å². The molecule has 122 valence electrons. The molecule has 23 heavy (non-hydrogen) atoms. The lowest BCUT2D eigenvalue weighted by atomic mass is 9.48. The van der Waals surface area contributed by atoms with Crippen molar-refractivity contribution in [3.8, 4) is 0 Å². The molecule has 0 bridgehead atoms. The van der Waals surface area contributed by atoms with Crippen molar-refractivity contribution in [2.45, 2.75) is 20.3 Å². The van der Waals surface area contributed by atoms with Crippen molar-refractivity contribution in [3.63, 3.8) is 0 Å². The highest BCUT2D eigenvalue weighted by Crippen LogP contribution is 2.62. The number of methoxy groups -OCH3 is 1. The van der Waals surface area contributed by atoms with Crippen LogP contribution in [-0.2, 0) is 4.74 Å². The van der Waals surface area contributed by atoms with Crippen LogP contribution in [0.5, 0.6) is 0 Å². The number of fused-ring (bicyclic) bond motifs is 2. The number of rotatable bonds is 3. The molecular weight excluding hydrogens is 290 g/mol. The topological polar surface area (TPSA) is 46.8 Å². The first kappa shape index (κ1) is 14.7. The minimum atomic E-state index is 0.112. The Labute approximate surface area is 136 Å². The highest BCUT2D eigenvalue weighted by Gasteiger charge is 2.63. The van der Waals surface area contributed by atoms with Gasteiger partial charge in [0.2, 0.25) is 0 Å². The summed E-state index contributed by atoms with van der Waals surface area (Å²) >= 11 is 0. The van der Waals surface area contributed by atoms with E-state index in [1.54, 1.807) is 13.3 Å². The quantitative estimate of drug-likeness (QED) is 0.874. The fourth-order valence-electron chi connectivity index (χ4n) is 4.99. The predicted octanol–water partition coefficient (Wildman–Crippen LogP) is 2.47. The molecule has 2 atom stereocenters. The molecule has 0 unspecified atom stereocenters. The Morgan fingerprint density at radius 1 is 1.43 bits per heavy atom. The Hall–Kier alpha value is -1.88. The van der Waals surface area contributed by atoms with E-state index >= 15 is 0 Å². The van der Waals surface area contributed by atoms with Crippen LogP contribution in [0.3, 0.4) is 0 Å². The van der Waals surface area contributed by atoms with E-state index in [9.17, 15) is 4.79 Å². The SMILES string of the molecule is COC[C@@]12CN(C(=O)c3ccc4nccn4c3)C[C@@H]1C(C)(C)C2. The molecule has 1 aliphatic carbocycles. The number of carbonyl (C=O) groups excluding carboxylic acids is 1. The first-order chi connectivity index (χ1) is 11.0. The monoisotopic (exact) mass is 313 g/mol. The Bertz CT molecular complexity index is 766. The second-order valence-electron chi connectivity index (χ2n) is 7.81. The molecule has 2 aliphatic rings. The maximum atomic E-state index is 12.9. The maximum Gasteiger partial charge on any atom is 0.255 e. The van der Waals surface area contributed by atoms with Crippen LogP contribution >= 0.6 is 0 Å². The van der Waals surface area contributed by atoms with Gasteiger partial charge in [-0.25, -0.2) is 4.98 Å². The van der Waals surface area contributed by atoms with Crippen LogP contribution in [0.1, 0.15) is 30.6 Å². The van der Waals surface area contributed by atoms with Crippen LogP contribution < -0.4 is 0 Å². The van der Waals surface area contributed by atoms with Crippen molar-refractivity contribution < 1.29 is 9.53 Å². The zero-order valence-electron chi connectivity index (χ0n) is 14.0. The first-order valence-electron chi connectivity index (χ1n) is 8.16. The number of nitrogens with zero attached hydrogens (tertiary/aromatic N) is 3. The third-order valence-electron chi connectivity index (χ3n) is 5.75. The normalized spacial score (nSPS) is 28.7. The highest BCUT2D eigenvalue weighted by atomic mass is 16.5. The third-order valence-corrected chi connectivity index (χ3v) is 5.75. The minimum absolute atomic E-state index is 0.112. The number of hydrogen-bond acceptors (Lipinski definition) is 3. The van der Waals surface area contributed by atoms with Crippen LogP contribution in [-0.4, -0.2) is 47.0 Å². The van der Waals surface area contributed by atoms with Crippen molar-refractivity contribution in [1.29, 1.82) is 0 Å². The molecule has 1 aliphatic heterocycles. The van der Waals surface area contributed by atoms with Gasteiger partial charge in [-0.15, -0.1) is 0 Å². The van der Waals surface area contributed by atoms with Gasteiger partial charge in [0.05, 0.1) is 12.2 Å². The van der Waals surface area contributed by atoms with Gasteiger partial charge >= 0.3 is 0 Å². The van der Waals surface area contributed by atoms with E-state index in [1.807, 2.05) is 33.8 Å². The fourth-order valence-corrected chi connectivity index (χ4v) is 4.99. The van der Waals surface area contributed by atoms with Crippen LogP contribution in [0.25, 0.3) is 5.65 Å². The smallest absolute Gasteiger partial charge is 0.255 e. The van der Waals surface area contributed by atoms with Crippen molar-refractivity contribution in [2.24, 2.45) is 16.7 Å². The van der Waals surface area contributed by atoms with Gasteiger partial charge in [-0.05, 0) is 29.9 Å². The molecule has 0 N–H and O–H groups in total. The van der Waals surface area contributed by atoms with E-state index in [1.165, 1.54) is 0 Å². The van der Waals surface area contributed by atoms with Gasteiger partial charge in [0.15, 0.2) is 0 Å². The van der Waals surface area contributed by atoms with E-state index < -0.39 is 0 Å². The van der Waals surface area contributed by atoms with Gasteiger partial charge in [0.1, 0.15) is 5.65 Å². The molecule has 1 saturated heterocycles. The number of ether oxygens (including phenoxy) is 1. The molecule has 5 nitrogen and oxygen atoms in total. The number of imidazole rings is 1. The summed E-state index contributed by atoms with van der Waals surface area (Å²) in [7, 11) is 1.76. The van der Waals surface area contributed by atoms with Crippen molar-refractivity contribution in [3.05, 3.63) is 36.3 Å². The Kier molecular flexibility index (Phi) is 3.07. The van der Waals surface area contributed by atoms with Gasteiger partial charge in [0, 0.05) is 44.2 Å². The van der Waals surface area contributed by atoms with Crippen molar-refractivity contribution in [1.82, 2.24) is 14.3 Å². The number of carbonyl (C=O) groups is 1. The van der Waals surface area contributed by atoms with E-state index in [4.69, 9.17) is 4.74 Å². The fraction of sp³-hybridized carbons (Fsp3) is 0.556. The second kappa shape index (κ2) is 4.81. The molecule has 2 aromatic rings. The molecule has 0 spiro atoms. The molecule has 2 aromatic heterocycles. The van der Waals surface area contributed by atoms with Crippen LogP contribution in [0, 0.1) is 16.7 Å². The lowest BCUT2D eigenvalue weighted by molar-refractivity contribution is -0.107. The summed E-state index contributed by atoms with van der Waals surface area (Å²) in [6.07, 6.45) is 6.62. The Morgan fingerprint density at radius 3 is 3.00 bits per heavy atom. The van der Waals surface area contributed by atoms with Gasteiger partial charge in [0.25, 0.3) is 5.91 Å². The summed E-state index contributed by atoms with van der Waals surface area (Å²) in [5.41, 5.74) is 2.02. The Balaban J connectivity index is 1.60. The first-order valence-corrected chi connectivity index (χ1v) is 8.16. The maximum absolute atomic E-state index is 12.9. The lowest BCUT2D eigenvalue weighted by Gasteiger charge is -2.56. The number of pyridine rings is 1. The molecule has 1 amide bonds. The molecule has 3 heterocycles. The summed E-state index contributed by atoms with van der Waals surface area (Å²) in [6, 6.07) is 3.77. The lowest BCUT2D eigenvalue weighted by Crippen LogP contribution is -2.55. The van der Waals surface area contributed by atoms with Gasteiger partial charge in [-0.3, -0.25) is 4.79 Å². The summed E-state index contributed by atoms with van der Waals surface area (Å²) in [4.78, 5) is 19.2. The van der Waals surface area contributed by atoms with E-state index in [-0.39, 0.29) is 11.3 Å². The van der Waals surface area contributed by atoms with Crippen molar-refractivity contribution in [2.75, 3.05) is 26.8 Å². The van der Waals surface area contributed by atoms with E-state index in [0.29, 0.717) is 11.3 Å². The number of hydrogen-bond donors (Lipinski definition) is 0. The molecule has 5 heteroatoms. The van der Waals surface area contributed by atoms with Crippen LogP contribution in [0.4, 0.5) is 0 Å². The van der Waals surface area contributed by atoms with Gasteiger partial charge in [-0.2, -0.15) is 0 Å². The van der Waals surface area contributed by atoms with E-state index in [2.05, 4.69) is 18.8 Å².